The van der Waals surface area contributed by atoms with Crippen LogP contribution in [0.1, 0.15) is 50.5 Å². The van der Waals surface area contributed by atoms with Gasteiger partial charge in [0.25, 0.3) is 0 Å². The molecule has 0 unspecified atom stereocenters. The van der Waals surface area contributed by atoms with Crippen molar-refractivity contribution in [3.63, 3.8) is 0 Å². The first-order chi connectivity index (χ1) is 10.2. The summed E-state index contributed by atoms with van der Waals surface area (Å²) in [6.45, 7) is 1.45. The number of nitrogens with one attached hydrogen (secondary N) is 1. The Morgan fingerprint density at radius 3 is 2.52 bits per heavy atom. The Labute approximate surface area is 128 Å². The lowest BCUT2D eigenvalue weighted by Gasteiger charge is -2.36. The Bertz CT molecular complexity index is 424. The number of rotatable bonds is 7. The molecule has 3 nitrogen and oxygen atoms in total. The van der Waals surface area contributed by atoms with Gasteiger partial charge < -0.3 is 11.1 Å². The van der Waals surface area contributed by atoms with E-state index in [9.17, 15) is 4.79 Å². The summed E-state index contributed by atoms with van der Waals surface area (Å²) in [5, 5.41) is 3.11. The van der Waals surface area contributed by atoms with Gasteiger partial charge in [-0.05, 0) is 43.2 Å². The Morgan fingerprint density at radius 2 is 1.86 bits per heavy atom. The molecular weight excluding hydrogens is 260 g/mol. The third-order valence-electron chi connectivity index (χ3n) is 4.72. The molecule has 3 N–H and O–H groups in total. The van der Waals surface area contributed by atoms with E-state index < -0.39 is 0 Å². The molecule has 0 heterocycles. The summed E-state index contributed by atoms with van der Waals surface area (Å²) in [5.74, 6) is 0.171. The minimum atomic E-state index is 0.160. The number of benzene rings is 1. The summed E-state index contributed by atoms with van der Waals surface area (Å²) in [6, 6.07) is 10.3. The van der Waals surface area contributed by atoms with Gasteiger partial charge in [0, 0.05) is 13.0 Å². The predicted octanol–water partition coefficient (Wildman–Crippen LogP) is 3.03. The quantitative estimate of drug-likeness (QED) is 0.810. The van der Waals surface area contributed by atoms with Gasteiger partial charge >= 0.3 is 0 Å². The molecule has 1 saturated carbocycles. The van der Waals surface area contributed by atoms with Crippen molar-refractivity contribution in [1.29, 1.82) is 0 Å². The highest BCUT2D eigenvalue weighted by molar-refractivity contribution is 5.75. The standard InChI is InChI=1S/C18H28N2O/c19-14-18(12-5-2-6-13-18)15-20-17(21)11-7-10-16-8-3-1-4-9-16/h1,3-4,8-9H,2,5-7,10-15,19H2,(H,20,21). The molecule has 0 bridgehead atoms. The van der Waals surface area contributed by atoms with Gasteiger partial charge in [0.05, 0.1) is 0 Å². The van der Waals surface area contributed by atoms with E-state index in [0.29, 0.717) is 13.0 Å². The van der Waals surface area contributed by atoms with Crippen LogP contribution in [0.5, 0.6) is 0 Å². The maximum absolute atomic E-state index is 12.0. The third kappa shape index (κ3) is 5.16. The van der Waals surface area contributed by atoms with E-state index in [2.05, 4.69) is 17.4 Å². The van der Waals surface area contributed by atoms with Crippen LogP contribution in [0, 0.1) is 5.41 Å². The van der Waals surface area contributed by atoms with Crippen molar-refractivity contribution >= 4 is 5.91 Å². The van der Waals surface area contributed by atoms with E-state index in [4.69, 9.17) is 5.73 Å². The van der Waals surface area contributed by atoms with Crippen molar-refractivity contribution in [2.75, 3.05) is 13.1 Å². The number of amides is 1. The summed E-state index contributed by atoms with van der Waals surface area (Å²) in [4.78, 5) is 12.0. The average Bonchev–Trinajstić information content (AvgIpc) is 2.55. The average molecular weight is 288 g/mol. The Morgan fingerprint density at radius 1 is 1.14 bits per heavy atom. The predicted molar refractivity (Wildman–Crippen MR) is 87.0 cm³/mol. The molecule has 1 amide bonds. The summed E-state index contributed by atoms with van der Waals surface area (Å²) in [6.07, 6.45) is 8.62. The lowest BCUT2D eigenvalue weighted by Crippen LogP contribution is -2.43. The maximum atomic E-state index is 12.0. The fourth-order valence-electron chi connectivity index (χ4n) is 3.23. The lowest BCUT2D eigenvalue weighted by atomic mass is 9.74. The van der Waals surface area contributed by atoms with Crippen LogP contribution < -0.4 is 11.1 Å². The van der Waals surface area contributed by atoms with Crippen LogP contribution in [-0.4, -0.2) is 19.0 Å². The van der Waals surface area contributed by atoms with E-state index >= 15 is 0 Å². The second kappa shape index (κ2) is 8.18. The molecule has 0 aromatic heterocycles. The monoisotopic (exact) mass is 288 g/mol. The molecule has 3 heteroatoms. The number of carbonyl (C=O) groups is 1. The molecule has 1 aliphatic rings. The summed E-state index contributed by atoms with van der Waals surface area (Å²) in [7, 11) is 0. The maximum Gasteiger partial charge on any atom is 0.220 e. The van der Waals surface area contributed by atoms with Gasteiger partial charge in [0.1, 0.15) is 0 Å². The van der Waals surface area contributed by atoms with Crippen LogP contribution in [0.3, 0.4) is 0 Å². The molecule has 116 valence electrons. The van der Waals surface area contributed by atoms with Crippen molar-refractivity contribution < 1.29 is 4.79 Å². The SMILES string of the molecule is NCC1(CNC(=O)CCCc2ccccc2)CCCCC1. The minimum absolute atomic E-state index is 0.160. The van der Waals surface area contributed by atoms with Gasteiger partial charge in [0.2, 0.25) is 5.91 Å². The first-order valence-electron chi connectivity index (χ1n) is 8.25. The van der Waals surface area contributed by atoms with Crippen molar-refractivity contribution in [2.24, 2.45) is 11.1 Å². The van der Waals surface area contributed by atoms with Gasteiger partial charge in [-0.1, -0.05) is 49.6 Å². The topological polar surface area (TPSA) is 55.1 Å². The molecule has 0 saturated heterocycles. The molecule has 2 rings (SSSR count). The highest BCUT2D eigenvalue weighted by Crippen LogP contribution is 2.34. The van der Waals surface area contributed by atoms with E-state index in [1.807, 2.05) is 18.2 Å². The second-order valence-corrected chi connectivity index (χ2v) is 6.38. The fourth-order valence-corrected chi connectivity index (χ4v) is 3.23. The van der Waals surface area contributed by atoms with Crippen molar-refractivity contribution in [2.45, 2.75) is 51.4 Å². The first kappa shape index (κ1) is 16.0. The van der Waals surface area contributed by atoms with Gasteiger partial charge in [-0.3, -0.25) is 4.79 Å². The van der Waals surface area contributed by atoms with Crippen molar-refractivity contribution in [1.82, 2.24) is 5.32 Å². The molecule has 21 heavy (non-hydrogen) atoms. The number of aryl methyl sites for hydroxylation is 1. The number of nitrogens with two attached hydrogens (primary N) is 1. The zero-order valence-electron chi connectivity index (χ0n) is 12.9. The molecule has 1 aliphatic carbocycles. The van der Waals surface area contributed by atoms with E-state index in [1.54, 1.807) is 0 Å². The summed E-state index contributed by atoms with van der Waals surface area (Å²) >= 11 is 0. The minimum Gasteiger partial charge on any atom is -0.355 e. The summed E-state index contributed by atoms with van der Waals surface area (Å²) in [5.41, 5.74) is 7.41. The van der Waals surface area contributed by atoms with Gasteiger partial charge in [-0.25, -0.2) is 0 Å². The molecular formula is C18H28N2O. The van der Waals surface area contributed by atoms with E-state index in [-0.39, 0.29) is 11.3 Å². The highest BCUT2D eigenvalue weighted by Gasteiger charge is 2.30. The van der Waals surface area contributed by atoms with Crippen LogP contribution >= 0.6 is 0 Å². The zero-order chi connectivity index (χ0) is 15.0. The van der Waals surface area contributed by atoms with Crippen LogP contribution in [0.15, 0.2) is 30.3 Å². The third-order valence-corrected chi connectivity index (χ3v) is 4.72. The van der Waals surface area contributed by atoms with Crippen molar-refractivity contribution in [3.8, 4) is 0 Å². The number of carbonyl (C=O) groups excluding carboxylic acids is 1. The van der Waals surface area contributed by atoms with Gasteiger partial charge in [0.15, 0.2) is 0 Å². The first-order valence-corrected chi connectivity index (χ1v) is 8.25. The smallest absolute Gasteiger partial charge is 0.220 e. The molecule has 0 aliphatic heterocycles. The van der Waals surface area contributed by atoms with Crippen LogP contribution in [0.2, 0.25) is 0 Å². The van der Waals surface area contributed by atoms with Crippen LogP contribution in [0.4, 0.5) is 0 Å². The second-order valence-electron chi connectivity index (χ2n) is 6.38. The number of hydrogen-bond acceptors (Lipinski definition) is 2. The normalized spacial score (nSPS) is 17.4. The fraction of sp³-hybridized carbons (Fsp3) is 0.611. The molecule has 0 radical (unpaired) electrons. The van der Waals surface area contributed by atoms with Crippen molar-refractivity contribution in [3.05, 3.63) is 35.9 Å². The zero-order valence-corrected chi connectivity index (χ0v) is 12.9. The molecule has 1 aromatic rings. The highest BCUT2D eigenvalue weighted by atomic mass is 16.1. The molecule has 0 atom stereocenters. The van der Waals surface area contributed by atoms with E-state index in [1.165, 1.54) is 24.8 Å². The largest absolute Gasteiger partial charge is 0.355 e. The van der Waals surface area contributed by atoms with Gasteiger partial charge in [-0.15, -0.1) is 0 Å². The lowest BCUT2D eigenvalue weighted by molar-refractivity contribution is -0.121. The molecule has 1 fully saturated rings. The van der Waals surface area contributed by atoms with E-state index in [0.717, 1.165) is 32.2 Å². The number of hydrogen-bond donors (Lipinski definition) is 2. The Balaban J connectivity index is 1.67. The van der Waals surface area contributed by atoms with Crippen LogP contribution in [-0.2, 0) is 11.2 Å². The molecule has 0 spiro atoms. The van der Waals surface area contributed by atoms with Crippen LogP contribution in [0.25, 0.3) is 0 Å². The van der Waals surface area contributed by atoms with Gasteiger partial charge in [-0.2, -0.15) is 0 Å². The Hall–Kier alpha value is -1.35. The molecule has 1 aromatic carbocycles. The summed E-state index contributed by atoms with van der Waals surface area (Å²) < 4.78 is 0. The Kier molecular flexibility index (Phi) is 6.24.